The Morgan fingerprint density at radius 1 is 1.53 bits per heavy atom. The first-order valence-corrected chi connectivity index (χ1v) is 5.27. The highest BCUT2D eigenvalue weighted by Gasteiger charge is 2.19. The minimum Gasteiger partial charge on any atom is -0.480 e. The first kappa shape index (κ1) is 13.2. The maximum atomic E-state index is 10.9. The van der Waals surface area contributed by atoms with Crippen molar-refractivity contribution in [2.24, 2.45) is 0 Å². The van der Waals surface area contributed by atoms with Crippen LogP contribution in [0.5, 0.6) is 0 Å². The summed E-state index contributed by atoms with van der Waals surface area (Å²) in [4.78, 5) is 21.7. The van der Waals surface area contributed by atoms with Gasteiger partial charge in [0.1, 0.15) is 11.8 Å². The molecule has 0 aliphatic heterocycles. The number of aliphatic carboxylic acids is 1. The zero-order chi connectivity index (χ0) is 12.8. The third-order valence-corrected chi connectivity index (χ3v) is 2.27. The molecule has 0 spiro atoms. The summed E-state index contributed by atoms with van der Waals surface area (Å²) in [7, 11) is 0. The van der Waals surface area contributed by atoms with Gasteiger partial charge in [0.25, 0.3) is 0 Å². The second-order valence-corrected chi connectivity index (χ2v) is 3.74. The van der Waals surface area contributed by atoms with Gasteiger partial charge in [0.2, 0.25) is 5.91 Å². The van der Waals surface area contributed by atoms with E-state index in [0.29, 0.717) is 0 Å². The topological polar surface area (TPSA) is 91.6 Å². The summed E-state index contributed by atoms with van der Waals surface area (Å²) in [5, 5.41) is 14.2. The molecule has 6 heteroatoms. The van der Waals surface area contributed by atoms with E-state index in [9.17, 15) is 9.59 Å². The largest absolute Gasteiger partial charge is 0.480 e. The van der Waals surface area contributed by atoms with E-state index in [-0.39, 0.29) is 18.5 Å². The van der Waals surface area contributed by atoms with Gasteiger partial charge in [-0.25, -0.2) is 4.79 Å². The highest BCUT2D eigenvalue weighted by atomic mass is 16.4. The number of amides is 1. The summed E-state index contributed by atoms with van der Waals surface area (Å²) in [5.74, 6) is -0.721. The van der Waals surface area contributed by atoms with Crippen LogP contribution in [0.15, 0.2) is 22.8 Å². The van der Waals surface area contributed by atoms with Crippen LogP contribution >= 0.6 is 0 Å². The predicted molar refractivity (Wildman–Crippen MR) is 60.4 cm³/mol. The van der Waals surface area contributed by atoms with Gasteiger partial charge in [-0.3, -0.25) is 4.79 Å². The predicted octanol–water partition coefficient (Wildman–Crippen LogP) is 0.519. The second-order valence-electron chi connectivity index (χ2n) is 3.74. The fourth-order valence-corrected chi connectivity index (χ4v) is 1.38. The monoisotopic (exact) mass is 240 g/mol. The van der Waals surface area contributed by atoms with Crippen LogP contribution in [0.25, 0.3) is 0 Å². The maximum absolute atomic E-state index is 10.9. The summed E-state index contributed by atoms with van der Waals surface area (Å²) in [6.07, 6.45) is 1.55. The van der Waals surface area contributed by atoms with E-state index in [1.54, 1.807) is 18.4 Å². The molecule has 1 amide bonds. The maximum Gasteiger partial charge on any atom is 0.327 e. The molecule has 94 valence electrons. The van der Waals surface area contributed by atoms with Gasteiger partial charge < -0.3 is 20.2 Å². The molecular formula is C11H16N2O4. The Bertz CT molecular complexity index is 375. The molecule has 0 saturated carbocycles. The molecule has 1 unspecified atom stereocenters. The van der Waals surface area contributed by atoms with Gasteiger partial charge in [-0.2, -0.15) is 0 Å². The molecule has 17 heavy (non-hydrogen) atoms. The molecule has 0 radical (unpaired) electrons. The molecule has 3 N–H and O–H groups in total. The van der Waals surface area contributed by atoms with E-state index in [1.807, 2.05) is 6.92 Å². The highest BCUT2D eigenvalue weighted by molar-refractivity contribution is 5.82. The molecule has 1 rings (SSSR count). The number of hydrogen-bond donors (Lipinski definition) is 3. The van der Waals surface area contributed by atoms with Crippen molar-refractivity contribution in [1.82, 2.24) is 10.6 Å². The number of nitrogens with one attached hydrogen (secondary N) is 2. The standard InChI is InChI=1S/C11H16N2O4/c1-7(10-4-3-5-17-10)12-6-9(11(15)16)13-8(2)14/h3-5,7,9,12H,6H2,1-2H3,(H,13,14)(H,15,16)/t7-,9?/m0/s1. The molecule has 0 aromatic carbocycles. The second kappa shape index (κ2) is 6.05. The van der Waals surface area contributed by atoms with Gasteiger partial charge in [0, 0.05) is 13.5 Å². The number of hydrogen-bond acceptors (Lipinski definition) is 4. The van der Waals surface area contributed by atoms with E-state index in [2.05, 4.69) is 10.6 Å². The minimum atomic E-state index is -1.07. The molecule has 0 saturated heterocycles. The smallest absolute Gasteiger partial charge is 0.327 e. The Balaban J connectivity index is 2.46. The molecule has 0 bridgehead atoms. The van der Waals surface area contributed by atoms with Gasteiger partial charge in [-0.05, 0) is 19.1 Å². The molecule has 2 atom stereocenters. The van der Waals surface area contributed by atoms with Crippen molar-refractivity contribution in [1.29, 1.82) is 0 Å². The van der Waals surface area contributed by atoms with Gasteiger partial charge in [-0.1, -0.05) is 0 Å². The lowest BCUT2D eigenvalue weighted by molar-refractivity contribution is -0.141. The lowest BCUT2D eigenvalue weighted by atomic mass is 10.2. The Hall–Kier alpha value is -1.82. The van der Waals surface area contributed by atoms with Gasteiger partial charge in [0.15, 0.2) is 0 Å². The van der Waals surface area contributed by atoms with Crippen LogP contribution < -0.4 is 10.6 Å². The van der Waals surface area contributed by atoms with Crippen molar-refractivity contribution in [2.45, 2.75) is 25.9 Å². The number of carboxylic acids is 1. The SMILES string of the molecule is CC(=O)NC(CN[C@@H](C)c1ccco1)C(=O)O. The van der Waals surface area contributed by atoms with E-state index in [1.165, 1.54) is 6.92 Å². The third kappa shape index (κ3) is 4.28. The van der Waals surface area contributed by atoms with Crippen molar-refractivity contribution < 1.29 is 19.1 Å². The summed E-state index contributed by atoms with van der Waals surface area (Å²) < 4.78 is 5.17. The number of carbonyl (C=O) groups excluding carboxylic acids is 1. The normalized spacial score (nSPS) is 14.0. The van der Waals surface area contributed by atoms with Crippen LogP contribution in [-0.2, 0) is 9.59 Å². The number of furan rings is 1. The van der Waals surface area contributed by atoms with Gasteiger partial charge in [-0.15, -0.1) is 0 Å². The third-order valence-electron chi connectivity index (χ3n) is 2.27. The van der Waals surface area contributed by atoms with Crippen LogP contribution in [0.4, 0.5) is 0 Å². The van der Waals surface area contributed by atoms with Gasteiger partial charge in [0.05, 0.1) is 12.3 Å². The van der Waals surface area contributed by atoms with Crippen molar-refractivity contribution in [2.75, 3.05) is 6.54 Å². The van der Waals surface area contributed by atoms with E-state index in [0.717, 1.165) is 5.76 Å². The summed E-state index contributed by atoms with van der Waals surface area (Å²) in [6.45, 7) is 3.27. The van der Waals surface area contributed by atoms with Gasteiger partial charge >= 0.3 is 5.97 Å². The molecule has 1 aromatic heterocycles. The molecule has 0 aliphatic rings. The fourth-order valence-electron chi connectivity index (χ4n) is 1.38. The Morgan fingerprint density at radius 2 is 2.24 bits per heavy atom. The van der Waals surface area contributed by atoms with Crippen LogP contribution in [-0.4, -0.2) is 29.6 Å². The zero-order valence-electron chi connectivity index (χ0n) is 9.77. The van der Waals surface area contributed by atoms with Crippen LogP contribution in [0, 0.1) is 0 Å². The Kier molecular flexibility index (Phi) is 4.71. The van der Waals surface area contributed by atoms with E-state index in [4.69, 9.17) is 9.52 Å². The number of carbonyl (C=O) groups is 2. The average Bonchev–Trinajstić information content (AvgIpc) is 2.76. The molecule has 0 aliphatic carbocycles. The summed E-state index contributed by atoms with van der Waals surface area (Å²) in [5.41, 5.74) is 0. The summed E-state index contributed by atoms with van der Waals surface area (Å²) in [6, 6.07) is 2.51. The van der Waals surface area contributed by atoms with Crippen molar-refractivity contribution in [3.8, 4) is 0 Å². The molecule has 0 fully saturated rings. The van der Waals surface area contributed by atoms with Crippen LogP contribution in [0.1, 0.15) is 25.6 Å². The lowest BCUT2D eigenvalue weighted by Crippen LogP contribution is -2.46. The van der Waals surface area contributed by atoms with Crippen LogP contribution in [0.2, 0.25) is 0 Å². The van der Waals surface area contributed by atoms with E-state index >= 15 is 0 Å². The molecule has 1 heterocycles. The first-order valence-electron chi connectivity index (χ1n) is 5.27. The summed E-state index contributed by atoms with van der Waals surface area (Å²) >= 11 is 0. The fraction of sp³-hybridized carbons (Fsp3) is 0.455. The average molecular weight is 240 g/mol. The number of rotatable bonds is 6. The Morgan fingerprint density at radius 3 is 2.71 bits per heavy atom. The molecular weight excluding hydrogens is 224 g/mol. The number of carboxylic acid groups (broad SMARTS) is 1. The highest BCUT2D eigenvalue weighted by Crippen LogP contribution is 2.11. The lowest BCUT2D eigenvalue weighted by Gasteiger charge is -2.17. The van der Waals surface area contributed by atoms with Crippen molar-refractivity contribution in [3.63, 3.8) is 0 Å². The first-order chi connectivity index (χ1) is 8.00. The Labute approximate surface area is 99.0 Å². The van der Waals surface area contributed by atoms with Crippen molar-refractivity contribution >= 4 is 11.9 Å². The van der Waals surface area contributed by atoms with E-state index < -0.39 is 12.0 Å². The zero-order valence-corrected chi connectivity index (χ0v) is 9.77. The minimum absolute atomic E-state index is 0.111. The van der Waals surface area contributed by atoms with Crippen LogP contribution in [0.3, 0.4) is 0 Å². The van der Waals surface area contributed by atoms with Crippen molar-refractivity contribution in [3.05, 3.63) is 24.2 Å². The quantitative estimate of drug-likeness (QED) is 0.674. The molecule has 1 aromatic rings. The molecule has 6 nitrogen and oxygen atoms in total.